The molecule has 0 saturated carbocycles. The van der Waals surface area contributed by atoms with Crippen LogP contribution in [0, 0.1) is 0 Å². The summed E-state index contributed by atoms with van der Waals surface area (Å²) in [6.07, 6.45) is 5.35. The molecule has 4 heteroatoms. The summed E-state index contributed by atoms with van der Waals surface area (Å²) in [5, 5.41) is 0. The third kappa shape index (κ3) is 3.64. The number of aromatic nitrogens is 2. The van der Waals surface area contributed by atoms with E-state index in [9.17, 15) is 0 Å². The van der Waals surface area contributed by atoms with Gasteiger partial charge in [-0.3, -0.25) is 9.82 Å². The Morgan fingerprint density at radius 2 is 1.67 bits per heavy atom. The highest BCUT2D eigenvalue weighted by molar-refractivity contribution is 5.62. The molecule has 3 aromatic rings. The molecule has 1 aromatic carbocycles. The Morgan fingerprint density at radius 1 is 0.857 bits per heavy atom. The smallest absolute Gasteiger partial charge is 0.149 e. The fourth-order valence-electron chi connectivity index (χ4n) is 1.94. The molecule has 0 amide bonds. The van der Waals surface area contributed by atoms with Crippen molar-refractivity contribution in [3.8, 4) is 11.1 Å². The van der Waals surface area contributed by atoms with Crippen molar-refractivity contribution >= 4 is 5.82 Å². The molecule has 0 bridgehead atoms. The Balaban J connectivity index is 1.58. The minimum Gasteiger partial charge on any atom is -0.270 e. The van der Waals surface area contributed by atoms with Crippen molar-refractivity contribution < 1.29 is 4.84 Å². The largest absolute Gasteiger partial charge is 0.270 e. The molecule has 0 atom stereocenters. The molecule has 2 aromatic heterocycles. The SMILES string of the molecule is c1ccc(CONc2ccc(-c3ccncc3)cn2)cc1. The molecular formula is C17H15N3O. The Kier molecular flexibility index (Phi) is 4.19. The number of anilines is 1. The van der Waals surface area contributed by atoms with Crippen LogP contribution in [0.25, 0.3) is 11.1 Å². The van der Waals surface area contributed by atoms with E-state index in [0.717, 1.165) is 16.7 Å². The number of pyridine rings is 2. The van der Waals surface area contributed by atoms with Gasteiger partial charge in [-0.25, -0.2) is 10.5 Å². The van der Waals surface area contributed by atoms with Gasteiger partial charge in [0, 0.05) is 24.2 Å². The van der Waals surface area contributed by atoms with Gasteiger partial charge in [-0.15, -0.1) is 0 Å². The van der Waals surface area contributed by atoms with E-state index >= 15 is 0 Å². The minimum absolute atomic E-state index is 0.495. The monoisotopic (exact) mass is 277 g/mol. The maximum absolute atomic E-state index is 5.43. The van der Waals surface area contributed by atoms with Crippen molar-refractivity contribution in [3.05, 3.63) is 78.8 Å². The zero-order valence-electron chi connectivity index (χ0n) is 11.4. The summed E-state index contributed by atoms with van der Waals surface area (Å²) in [7, 11) is 0. The van der Waals surface area contributed by atoms with Gasteiger partial charge >= 0.3 is 0 Å². The van der Waals surface area contributed by atoms with E-state index in [0.29, 0.717) is 12.4 Å². The van der Waals surface area contributed by atoms with Crippen LogP contribution in [-0.4, -0.2) is 9.97 Å². The molecule has 104 valence electrons. The van der Waals surface area contributed by atoms with Crippen LogP contribution in [0.15, 0.2) is 73.2 Å². The summed E-state index contributed by atoms with van der Waals surface area (Å²) in [5.74, 6) is 0.684. The summed E-state index contributed by atoms with van der Waals surface area (Å²) in [5.41, 5.74) is 6.10. The van der Waals surface area contributed by atoms with Crippen molar-refractivity contribution in [2.75, 3.05) is 5.48 Å². The zero-order valence-corrected chi connectivity index (χ0v) is 11.4. The molecule has 0 fully saturated rings. The van der Waals surface area contributed by atoms with Crippen LogP contribution in [0.2, 0.25) is 0 Å². The maximum Gasteiger partial charge on any atom is 0.149 e. The predicted molar refractivity (Wildman–Crippen MR) is 82.3 cm³/mol. The van der Waals surface area contributed by atoms with Crippen molar-refractivity contribution in [2.24, 2.45) is 0 Å². The predicted octanol–water partition coefficient (Wildman–Crippen LogP) is 3.69. The third-order valence-electron chi connectivity index (χ3n) is 3.04. The first-order valence-electron chi connectivity index (χ1n) is 6.70. The van der Waals surface area contributed by atoms with Gasteiger partial charge in [0.1, 0.15) is 5.82 Å². The lowest BCUT2D eigenvalue weighted by atomic mass is 10.1. The second kappa shape index (κ2) is 6.63. The minimum atomic E-state index is 0.495. The highest BCUT2D eigenvalue weighted by Gasteiger charge is 1.99. The molecule has 4 nitrogen and oxygen atoms in total. The van der Waals surface area contributed by atoms with Crippen LogP contribution >= 0.6 is 0 Å². The van der Waals surface area contributed by atoms with Gasteiger partial charge in [0.05, 0.1) is 6.61 Å². The quantitative estimate of drug-likeness (QED) is 0.723. The van der Waals surface area contributed by atoms with Crippen LogP contribution in [0.3, 0.4) is 0 Å². The van der Waals surface area contributed by atoms with Crippen LogP contribution in [0.4, 0.5) is 5.82 Å². The van der Waals surface area contributed by atoms with Crippen LogP contribution < -0.4 is 5.48 Å². The molecule has 0 radical (unpaired) electrons. The fraction of sp³-hybridized carbons (Fsp3) is 0.0588. The fourth-order valence-corrected chi connectivity index (χ4v) is 1.94. The molecule has 2 heterocycles. The molecule has 1 N–H and O–H groups in total. The molecule has 0 aliphatic rings. The Labute approximate surface area is 123 Å². The van der Waals surface area contributed by atoms with Crippen LogP contribution in [0.5, 0.6) is 0 Å². The van der Waals surface area contributed by atoms with E-state index in [1.165, 1.54) is 0 Å². The average molecular weight is 277 g/mol. The van der Waals surface area contributed by atoms with Gasteiger partial charge in [0.2, 0.25) is 0 Å². The second-order valence-corrected chi connectivity index (χ2v) is 4.54. The van der Waals surface area contributed by atoms with Gasteiger partial charge in [-0.1, -0.05) is 30.3 Å². The summed E-state index contributed by atoms with van der Waals surface area (Å²) in [6, 6.07) is 17.8. The van der Waals surface area contributed by atoms with Gasteiger partial charge < -0.3 is 0 Å². The molecule has 0 saturated heterocycles. The normalized spacial score (nSPS) is 10.3. The van der Waals surface area contributed by atoms with E-state index in [-0.39, 0.29) is 0 Å². The number of benzene rings is 1. The zero-order chi connectivity index (χ0) is 14.3. The van der Waals surface area contributed by atoms with Crippen molar-refractivity contribution in [3.63, 3.8) is 0 Å². The molecule has 0 aliphatic heterocycles. The summed E-state index contributed by atoms with van der Waals surface area (Å²) in [4.78, 5) is 13.8. The van der Waals surface area contributed by atoms with Gasteiger partial charge in [-0.2, -0.15) is 0 Å². The van der Waals surface area contributed by atoms with E-state index < -0.39 is 0 Å². The third-order valence-corrected chi connectivity index (χ3v) is 3.04. The molecule has 0 spiro atoms. The maximum atomic E-state index is 5.43. The Bertz CT molecular complexity index is 669. The lowest BCUT2D eigenvalue weighted by molar-refractivity contribution is 0.179. The number of hydrogen-bond donors (Lipinski definition) is 1. The number of nitrogens with zero attached hydrogens (tertiary/aromatic N) is 2. The van der Waals surface area contributed by atoms with Crippen molar-refractivity contribution in [1.29, 1.82) is 0 Å². The van der Waals surface area contributed by atoms with Gasteiger partial charge in [0.15, 0.2) is 0 Å². The van der Waals surface area contributed by atoms with E-state index in [4.69, 9.17) is 4.84 Å². The highest BCUT2D eigenvalue weighted by Crippen LogP contribution is 2.18. The molecule has 0 aliphatic carbocycles. The number of nitrogens with one attached hydrogen (secondary N) is 1. The van der Waals surface area contributed by atoms with Gasteiger partial charge in [0.25, 0.3) is 0 Å². The van der Waals surface area contributed by atoms with Crippen molar-refractivity contribution in [1.82, 2.24) is 9.97 Å². The first-order valence-corrected chi connectivity index (χ1v) is 6.70. The second-order valence-electron chi connectivity index (χ2n) is 4.54. The molecular weight excluding hydrogens is 262 g/mol. The topological polar surface area (TPSA) is 47.0 Å². The lowest BCUT2D eigenvalue weighted by Crippen LogP contribution is -2.02. The first-order chi connectivity index (χ1) is 10.4. The summed E-state index contributed by atoms with van der Waals surface area (Å²) >= 11 is 0. The summed E-state index contributed by atoms with van der Waals surface area (Å²) < 4.78 is 0. The Morgan fingerprint density at radius 3 is 2.38 bits per heavy atom. The van der Waals surface area contributed by atoms with Crippen LogP contribution in [0.1, 0.15) is 5.56 Å². The van der Waals surface area contributed by atoms with Crippen molar-refractivity contribution in [2.45, 2.75) is 6.61 Å². The Hall–Kier alpha value is -2.72. The number of rotatable bonds is 5. The molecule has 3 rings (SSSR count). The highest BCUT2D eigenvalue weighted by atomic mass is 16.6. The van der Waals surface area contributed by atoms with E-state index in [1.54, 1.807) is 12.4 Å². The standard InChI is InChI=1S/C17H15N3O/c1-2-4-14(5-3-1)13-21-20-17-7-6-16(12-19-17)15-8-10-18-11-9-15/h1-12H,13H2,(H,19,20). The lowest BCUT2D eigenvalue weighted by Gasteiger charge is -2.07. The number of hydrogen-bond acceptors (Lipinski definition) is 4. The first kappa shape index (κ1) is 13.3. The van der Waals surface area contributed by atoms with E-state index in [2.05, 4.69) is 15.4 Å². The molecule has 21 heavy (non-hydrogen) atoms. The van der Waals surface area contributed by atoms with Gasteiger partial charge in [-0.05, 0) is 35.4 Å². The average Bonchev–Trinajstić information content (AvgIpc) is 2.57. The van der Waals surface area contributed by atoms with Crippen LogP contribution in [-0.2, 0) is 11.4 Å². The van der Waals surface area contributed by atoms with E-state index in [1.807, 2.05) is 60.8 Å². The molecule has 0 unspecified atom stereocenters. The summed E-state index contributed by atoms with van der Waals surface area (Å²) in [6.45, 7) is 0.495.